The monoisotopic (exact) mass is 280 g/mol. The van der Waals surface area contributed by atoms with E-state index < -0.39 is 0 Å². The third-order valence-corrected chi connectivity index (χ3v) is 3.49. The third kappa shape index (κ3) is 5.11. The second-order valence-electron chi connectivity index (χ2n) is 5.69. The van der Waals surface area contributed by atoms with E-state index in [0.717, 1.165) is 18.6 Å². The number of allylic oxidation sites excluding steroid dienone is 3. The number of hydrogen-bond donors (Lipinski definition) is 0. The van der Waals surface area contributed by atoms with Crippen molar-refractivity contribution in [2.24, 2.45) is 0 Å². The molecule has 2 rings (SSSR count). The zero-order valence-electron chi connectivity index (χ0n) is 13.2. The molecule has 0 radical (unpaired) electrons. The molecule has 0 fully saturated rings. The molecule has 2 aromatic rings. The third-order valence-electron chi connectivity index (χ3n) is 3.49. The van der Waals surface area contributed by atoms with E-state index in [9.17, 15) is 0 Å². The van der Waals surface area contributed by atoms with E-state index >= 15 is 0 Å². The molecular weight excluding hydrogens is 256 g/mol. The van der Waals surface area contributed by atoms with Gasteiger partial charge in [-0.25, -0.2) is 0 Å². The predicted molar refractivity (Wildman–Crippen MR) is 91.9 cm³/mol. The lowest BCUT2D eigenvalue weighted by Gasteiger charge is -2.06. The lowest BCUT2D eigenvalue weighted by Crippen LogP contribution is -1.94. The quantitative estimate of drug-likeness (QED) is 0.597. The SMILES string of the molecule is CC(C)=CCC/C(C)=C/COc1ccc2ccccc2c1. The molecule has 0 saturated heterocycles. The van der Waals surface area contributed by atoms with Gasteiger partial charge in [0.05, 0.1) is 0 Å². The molecule has 0 unspecified atom stereocenters. The number of benzene rings is 2. The minimum Gasteiger partial charge on any atom is -0.490 e. The number of ether oxygens (including phenoxy) is 1. The lowest BCUT2D eigenvalue weighted by molar-refractivity contribution is 0.362. The van der Waals surface area contributed by atoms with E-state index in [0.29, 0.717) is 6.61 Å². The zero-order chi connectivity index (χ0) is 15.1. The summed E-state index contributed by atoms with van der Waals surface area (Å²) < 4.78 is 5.82. The number of hydrogen-bond acceptors (Lipinski definition) is 1. The summed E-state index contributed by atoms with van der Waals surface area (Å²) >= 11 is 0. The van der Waals surface area contributed by atoms with Crippen molar-refractivity contribution in [1.82, 2.24) is 0 Å². The van der Waals surface area contributed by atoms with Crippen LogP contribution in [0.15, 0.2) is 65.8 Å². The Bertz CT molecular complexity index is 646. The highest BCUT2D eigenvalue weighted by Gasteiger charge is 1.96. The maximum Gasteiger partial charge on any atom is 0.120 e. The van der Waals surface area contributed by atoms with Crippen LogP contribution in [-0.4, -0.2) is 6.61 Å². The van der Waals surface area contributed by atoms with Crippen molar-refractivity contribution in [3.63, 3.8) is 0 Å². The Morgan fingerprint density at radius 2 is 1.71 bits per heavy atom. The minimum atomic E-state index is 0.638. The number of fused-ring (bicyclic) bond motifs is 1. The zero-order valence-corrected chi connectivity index (χ0v) is 13.2. The Balaban J connectivity index is 1.88. The molecule has 0 aromatic heterocycles. The van der Waals surface area contributed by atoms with Crippen LogP contribution < -0.4 is 4.74 Å². The van der Waals surface area contributed by atoms with E-state index in [-0.39, 0.29) is 0 Å². The van der Waals surface area contributed by atoms with Gasteiger partial charge in [0.1, 0.15) is 12.4 Å². The molecule has 110 valence electrons. The van der Waals surface area contributed by atoms with Gasteiger partial charge in [-0.05, 0) is 62.6 Å². The van der Waals surface area contributed by atoms with Gasteiger partial charge >= 0.3 is 0 Å². The molecule has 0 spiro atoms. The molecule has 1 heteroatoms. The fraction of sp³-hybridized carbons (Fsp3) is 0.300. The van der Waals surface area contributed by atoms with Gasteiger partial charge in [-0.2, -0.15) is 0 Å². The Morgan fingerprint density at radius 3 is 2.48 bits per heavy atom. The van der Waals surface area contributed by atoms with Crippen molar-refractivity contribution in [3.05, 3.63) is 65.8 Å². The van der Waals surface area contributed by atoms with Crippen molar-refractivity contribution < 1.29 is 4.74 Å². The summed E-state index contributed by atoms with van der Waals surface area (Å²) in [6.45, 7) is 7.09. The van der Waals surface area contributed by atoms with Gasteiger partial charge in [-0.15, -0.1) is 0 Å². The van der Waals surface area contributed by atoms with Crippen molar-refractivity contribution in [2.45, 2.75) is 33.6 Å². The van der Waals surface area contributed by atoms with E-state index in [1.165, 1.54) is 21.9 Å². The van der Waals surface area contributed by atoms with Gasteiger partial charge in [0.15, 0.2) is 0 Å². The average Bonchev–Trinajstić information content (AvgIpc) is 2.47. The van der Waals surface area contributed by atoms with Crippen LogP contribution in [0, 0.1) is 0 Å². The van der Waals surface area contributed by atoms with Gasteiger partial charge < -0.3 is 4.74 Å². The summed E-state index contributed by atoms with van der Waals surface area (Å²) in [5.74, 6) is 0.932. The maximum atomic E-state index is 5.82. The summed E-state index contributed by atoms with van der Waals surface area (Å²) in [6, 6.07) is 14.6. The average molecular weight is 280 g/mol. The van der Waals surface area contributed by atoms with Gasteiger partial charge in [-0.3, -0.25) is 0 Å². The molecule has 0 N–H and O–H groups in total. The van der Waals surface area contributed by atoms with Crippen molar-refractivity contribution in [2.75, 3.05) is 6.61 Å². The van der Waals surface area contributed by atoms with E-state index in [2.05, 4.69) is 69.3 Å². The van der Waals surface area contributed by atoms with E-state index in [4.69, 9.17) is 4.74 Å². The van der Waals surface area contributed by atoms with Gasteiger partial charge in [0, 0.05) is 0 Å². The Hall–Kier alpha value is -2.02. The van der Waals surface area contributed by atoms with Crippen molar-refractivity contribution in [1.29, 1.82) is 0 Å². The molecule has 0 saturated carbocycles. The highest BCUT2D eigenvalue weighted by atomic mass is 16.5. The smallest absolute Gasteiger partial charge is 0.120 e. The van der Waals surface area contributed by atoms with Gasteiger partial charge in [0.25, 0.3) is 0 Å². The highest BCUT2D eigenvalue weighted by Crippen LogP contribution is 2.20. The molecule has 0 amide bonds. The topological polar surface area (TPSA) is 9.23 Å². The predicted octanol–water partition coefficient (Wildman–Crippen LogP) is 5.91. The first-order valence-corrected chi connectivity index (χ1v) is 7.56. The first kappa shape index (κ1) is 15.4. The summed E-state index contributed by atoms with van der Waals surface area (Å²) in [4.78, 5) is 0. The van der Waals surface area contributed by atoms with Gasteiger partial charge in [-0.1, -0.05) is 47.6 Å². The van der Waals surface area contributed by atoms with Crippen molar-refractivity contribution >= 4 is 10.8 Å². The molecule has 1 nitrogen and oxygen atoms in total. The van der Waals surface area contributed by atoms with Crippen LogP contribution in [0.4, 0.5) is 0 Å². The van der Waals surface area contributed by atoms with Crippen LogP contribution >= 0.6 is 0 Å². The van der Waals surface area contributed by atoms with Crippen LogP contribution in [0.5, 0.6) is 5.75 Å². The van der Waals surface area contributed by atoms with E-state index in [1.807, 2.05) is 6.07 Å². The molecular formula is C20H24O. The number of rotatable bonds is 6. The van der Waals surface area contributed by atoms with Crippen LogP contribution in [0.3, 0.4) is 0 Å². The maximum absolute atomic E-state index is 5.82. The van der Waals surface area contributed by atoms with Crippen molar-refractivity contribution in [3.8, 4) is 5.75 Å². The molecule has 0 aliphatic heterocycles. The molecule has 0 bridgehead atoms. The first-order chi connectivity index (χ1) is 10.1. The minimum absolute atomic E-state index is 0.638. The molecule has 21 heavy (non-hydrogen) atoms. The normalized spacial score (nSPS) is 11.5. The summed E-state index contributed by atoms with van der Waals surface area (Å²) in [7, 11) is 0. The van der Waals surface area contributed by atoms with Crippen LogP contribution in [0.2, 0.25) is 0 Å². The second kappa shape index (κ2) is 7.68. The molecule has 2 aromatic carbocycles. The summed E-state index contributed by atoms with van der Waals surface area (Å²) in [5.41, 5.74) is 2.77. The second-order valence-corrected chi connectivity index (χ2v) is 5.69. The molecule has 0 aliphatic carbocycles. The fourth-order valence-electron chi connectivity index (χ4n) is 2.23. The fourth-order valence-corrected chi connectivity index (χ4v) is 2.23. The standard InChI is InChI=1S/C20H24O/c1-16(2)7-6-8-17(3)13-14-21-20-12-11-18-9-4-5-10-19(18)15-20/h4-5,7,9-13,15H,6,8,14H2,1-3H3/b17-13+. The Morgan fingerprint density at radius 1 is 0.952 bits per heavy atom. The van der Waals surface area contributed by atoms with Gasteiger partial charge in [0.2, 0.25) is 0 Å². The summed E-state index contributed by atoms with van der Waals surface area (Å²) in [6.07, 6.45) is 6.67. The van der Waals surface area contributed by atoms with Crippen LogP contribution in [-0.2, 0) is 0 Å². The first-order valence-electron chi connectivity index (χ1n) is 7.56. The highest BCUT2D eigenvalue weighted by molar-refractivity contribution is 5.83. The Kier molecular flexibility index (Phi) is 5.62. The van der Waals surface area contributed by atoms with E-state index in [1.54, 1.807) is 0 Å². The van der Waals surface area contributed by atoms with Crippen LogP contribution in [0.1, 0.15) is 33.6 Å². The molecule has 0 atom stereocenters. The summed E-state index contributed by atoms with van der Waals surface area (Å²) in [5, 5.41) is 2.47. The van der Waals surface area contributed by atoms with Crippen LogP contribution in [0.25, 0.3) is 10.8 Å². The molecule has 0 heterocycles. The Labute approximate surface area is 127 Å². The molecule has 0 aliphatic rings. The largest absolute Gasteiger partial charge is 0.490 e. The lowest BCUT2D eigenvalue weighted by atomic mass is 10.1.